The summed E-state index contributed by atoms with van der Waals surface area (Å²) in [4.78, 5) is 18.0. The molecular weight excluding hydrogens is 252 g/mol. The van der Waals surface area contributed by atoms with Crippen LogP contribution in [0.1, 0.15) is 27.2 Å². The summed E-state index contributed by atoms with van der Waals surface area (Å²) >= 11 is 0. The van der Waals surface area contributed by atoms with Gasteiger partial charge >= 0.3 is 5.97 Å². The third-order valence-corrected chi connectivity index (χ3v) is 4.16. The van der Waals surface area contributed by atoms with Crippen LogP contribution in [-0.4, -0.2) is 33.4 Å². The summed E-state index contributed by atoms with van der Waals surface area (Å²) in [5.41, 5.74) is 2.09. The van der Waals surface area contributed by atoms with Gasteiger partial charge in [-0.25, -0.2) is 14.0 Å². The average molecular weight is 268 g/mol. The van der Waals surface area contributed by atoms with Crippen molar-refractivity contribution in [2.45, 2.75) is 27.2 Å². The van der Waals surface area contributed by atoms with Crippen molar-refractivity contribution < 1.29 is 13.7 Å². The lowest BCUT2D eigenvalue weighted by Crippen LogP contribution is -2.29. The molecule has 1 atom stereocenters. The fraction of sp³-hybridized carbons (Fsp3) is 0.500. The predicted molar refractivity (Wildman–Crippen MR) is 70.0 cm³/mol. The minimum atomic E-state index is -1.52. The van der Waals surface area contributed by atoms with Crippen LogP contribution in [0.25, 0.3) is 0 Å². The Bertz CT molecular complexity index is 505. The zero-order valence-electron chi connectivity index (χ0n) is 10.7. The maximum atomic E-state index is 12.2. The smallest absolute Gasteiger partial charge is 0.349 e. The van der Waals surface area contributed by atoms with Gasteiger partial charge in [-0.2, -0.15) is 0 Å². The van der Waals surface area contributed by atoms with E-state index in [-0.39, 0.29) is 11.5 Å². The molecule has 2 aliphatic heterocycles. The van der Waals surface area contributed by atoms with Crippen molar-refractivity contribution >= 4 is 21.9 Å². The van der Waals surface area contributed by atoms with Crippen LogP contribution in [0.5, 0.6) is 0 Å². The Morgan fingerprint density at radius 3 is 2.89 bits per heavy atom. The molecule has 0 aliphatic carbocycles. The standard InChI is InChI=1S/C12H16N2O3S/c1-4-9-8(3)6-14-7-10(11(15)17-5-2)18(16)12(14)13-9/h7H,4-6H2,1-3H3. The number of esters is 1. The normalized spacial score (nSPS) is 22.6. The molecule has 2 aliphatic rings. The first-order valence-electron chi connectivity index (χ1n) is 5.93. The van der Waals surface area contributed by atoms with Crippen molar-refractivity contribution in [1.82, 2.24) is 4.90 Å². The van der Waals surface area contributed by atoms with Gasteiger partial charge in [0, 0.05) is 18.4 Å². The Labute approximate surface area is 109 Å². The fourth-order valence-electron chi connectivity index (χ4n) is 1.94. The van der Waals surface area contributed by atoms with Gasteiger partial charge in [0.1, 0.15) is 15.7 Å². The van der Waals surface area contributed by atoms with Crippen molar-refractivity contribution in [1.29, 1.82) is 0 Å². The van der Waals surface area contributed by atoms with Crippen molar-refractivity contribution in [3.63, 3.8) is 0 Å². The minimum absolute atomic E-state index is 0.181. The molecule has 0 bridgehead atoms. The van der Waals surface area contributed by atoms with Crippen LogP contribution in [0.15, 0.2) is 27.4 Å². The van der Waals surface area contributed by atoms with E-state index in [1.807, 2.05) is 13.8 Å². The highest BCUT2D eigenvalue weighted by Crippen LogP contribution is 2.27. The molecule has 0 aromatic rings. The van der Waals surface area contributed by atoms with E-state index < -0.39 is 16.8 Å². The summed E-state index contributed by atoms with van der Waals surface area (Å²) in [5, 5.41) is 0.445. The minimum Gasteiger partial charge on any atom is -0.462 e. The molecule has 0 saturated heterocycles. The number of aliphatic imine (C=N–C) groups is 1. The van der Waals surface area contributed by atoms with Crippen LogP contribution in [0.2, 0.25) is 0 Å². The van der Waals surface area contributed by atoms with Gasteiger partial charge in [0.25, 0.3) is 0 Å². The quantitative estimate of drug-likeness (QED) is 0.728. The first kappa shape index (κ1) is 13.0. The average Bonchev–Trinajstić information content (AvgIpc) is 2.65. The monoisotopic (exact) mass is 268 g/mol. The lowest BCUT2D eigenvalue weighted by atomic mass is 10.1. The lowest BCUT2D eigenvalue weighted by molar-refractivity contribution is -0.137. The summed E-state index contributed by atoms with van der Waals surface area (Å²) in [6, 6.07) is 0. The Morgan fingerprint density at radius 1 is 1.56 bits per heavy atom. The summed E-state index contributed by atoms with van der Waals surface area (Å²) in [6.45, 7) is 6.64. The number of fused-ring (bicyclic) bond motifs is 1. The van der Waals surface area contributed by atoms with Crippen LogP contribution in [0.3, 0.4) is 0 Å². The molecule has 2 heterocycles. The number of carbonyl (C=O) groups is 1. The summed E-state index contributed by atoms with van der Waals surface area (Å²) < 4.78 is 17.1. The maximum absolute atomic E-state index is 12.2. The molecule has 18 heavy (non-hydrogen) atoms. The van der Waals surface area contributed by atoms with Gasteiger partial charge in [0.05, 0.1) is 6.61 Å². The van der Waals surface area contributed by atoms with E-state index in [4.69, 9.17) is 4.74 Å². The molecule has 1 unspecified atom stereocenters. The molecular formula is C12H16N2O3S. The zero-order valence-corrected chi connectivity index (χ0v) is 11.5. The van der Waals surface area contributed by atoms with Crippen molar-refractivity contribution in [2.75, 3.05) is 13.2 Å². The molecule has 0 radical (unpaired) electrons. The largest absolute Gasteiger partial charge is 0.462 e. The number of nitrogens with zero attached hydrogens (tertiary/aromatic N) is 2. The number of allylic oxidation sites excluding steroid dienone is 1. The molecule has 0 amide bonds. The molecule has 0 N–H and O–H groups in total. The molecule has 5 nitrogen and oxygen atoms in total. The van der Waals surface area contributed by atoms with E-state index in [1.54, 1.807) is 18.0 Å². The molecule has 0 aromatic carbocycles. The molecule has 6 heteroatoms. The fourth-order valence-corrected chi connectivity index (χ4v) is 3.09. The van der Waals surface area contributed by atoms with Gasteiger partial charge in [-0.1, -0.05) is 6.92 Å². The van der Waals surface area contributed by atoms with E-state index in [1.165, 1.54) is 0 Å². The van der Waals surface area contributed by atoms with E-state index >= 15 is 0 Å². The third-order valence-electron chi connectivity index (χ3n) is 2.83. The molecule has 0 saturated carbocycles. The van der Waals surface area contributed by atoms with E-state index in [0.29, 0.717) is 11.7 Å². The lowest BCUT2D eigenvalue weighted by Gasteiger charge is -2.22. The second-order valence-corrected chi connectivity index (χ2v) is 5.43. The second kappa shape index (κ2) is 5.06. The zero-order chi connectivity index (χ0) is 13.3. The number of ether oxygens (including phenoxy) is 1. The number of rotatable bonds is 3. The second-order valence-electron chi connectivity index (χ2n) is 4.09. The predicted octanol–water partition coefficient (Wildman–Crippen LogP) is 1.51. The van der Waals surface area contributed by atoms with Gasteiger partial charge in [-0.3, -0.25) is 0 Å². The van der Waals surface area contributed by atoms with Gasteiger partial charge in [-0.05, 0) is 25.8 Å². The Hall–Kier alpha value is -1.43. The third kappa shape index (κ3) is 2.12. The van der Waals surface area contributed by atoms with Crippen LogP contribution >= 0.6 is 0 Å². The number of carbonyl (C=O) groups excluding carboxylic acids is 1. The molecule has 0 aromatic heterocycles. The van der Waals surface area contributed by atoms with Crippen LogP contribution in [0, 0.1) is 0 Å². The van der Waals surface area contributed by atoms with Gasteiger partial charge in [-0.15, -0.1) is 0 Å². The van der Waals surface area contributed by atoms with Crippen LogP contribution in [-0.2, 0) is 20.3 Å². The first-order valence-corrected chi connectivity index (χ1v) is 7.08. The highest BCUT2D eigenvalue weighted by Gasteiger charge is 2.35. The SMILES string of the molecule is CCOC(=O)C1=CN2CC(C)=C(CC)N=C2S1=O. The highest BCUT2D eigenvalue weighted by atomic mass is 32.2. The van der Waals surface area contributed by atoms with E-state index in [0.717, 1.165) is 17.7 Å². The van der Waals surface area contributed by atoms with Gasteiger partial charge < -0.3 is 9.64 Å². The Kier molecular flexibility index (Phi) is 3.65. The first-order chi connectivity index (χ1) is 8.58. The summed E-state index contributed by atoms with van der Waals surface area (Å²) in [5.74, 6) is -0.524. The molecule has 98 valence electrons. The molecule has 0 fully saturated rings. The number of hydrogen-bond acceptors (Lipinski definition) is 5. The van der Waals surface area contributed by atoms with Crippen molar-refractivity contribution in [3.8, 4) is 0 Å². The summed E-state index contributed by atoms with van der Waals surface area (Å²) in [7, 11) is -1.52. The van der Waals surface area contributed by atoms with Crippen molar-refractivity contribution in [2.24, 2.45) is 4.99 Å². The van der Waals surface area contributed by atoms with Gasteiger partial charge in [0.2, 0.25) is 5.17 Å². The Morgan fingerprint density at radius 2 is 2.28 bits per heavy atom. The van der Waals surface area contributed by atoms with Crippen LogP contribution < -0.4 is 0 Å². The van der Waals surface area contributed by atoms with E-state index in [9.17, 15) is 9.00 Å². The number of hydrogen-bond donors (Lipinski definition) is 0. The number of amidine groups is 1. The molecule has 0 spiro atoms. The van der Waals surface area contributed by atoms with Crippen molar-refractivity contribution in [3.05, 3.63) is 22.4 Å². The Balaban J connectivity index is 2.28. The summed E-state index contributed by atoms with van der Waals surface area (Å²) in [6.07, 6.45) is 2.39. The van der Waals surface area contributed by atoms with Crippen LogP contribution in [0.4, 0.5) is 0 Å². The van der Waals surface area contributed by atoms with E-state index in [2.05, 4.69) is 4.99 Å². The highest BCUT2D eigenvalue weighted by molar-refractivity contribution is 8.05. The molecule has 2 rings (SSSR count). The van der Waals surface area contributed by atoms with Gasteiger partial charge in [0.15, 0.2) is 0 Å². The maximum Gasteiger partial charge on any atom is 0.349 e. The topological polar surface area (TPSA) is 59.0 Å².